The van der Waals surface area contributed by atoms with Crippen molar-refractivity contribution in [2.24, 2.45) is 0 Å². The van der Waals surface area contributed by atoms with Gasteiger partial charge in [-0.2, -0.15) is 0 Å². The van der Waals surface area contributed by atoms with Gasteiger partial charge in [-0.3, -0.25) is 9.59 Å². The van der Waals surface area contributed by atoms with E-state index in [1.165, 1.54) is 38.2 Å². The lowest BCUT2D eigenvalue weighted by molar-refractivity contribution is -0.116. The van der Waals surface area contributed by atoms with E-state index in [4.69, 9.17) is 4.74 Å². The van der Waals surface area contributed by atoms with Crippen molar-refractivity contribution in [1.29, 1.82) is 0 Å². The molecule has 0 fully saturated rings. The van der Waals surface area contributed by atoms with Crippen LogP contribution in [0.4, 0.5) is 5.69 Å². The number of carbonyl (C=O) groups is 2. The lowest BCUT2D eigenvalue weighted by Gasteiger charge is -2.18. The summed E-state index contributed by atoms with van der Waals surface area (Å²) in [7, 11) is 0.449. The molecule has 1 aliphatic rings. The van der Waals surface area contributed by atoms with E-state index in [-0.39, 0.29) is 35.4 Å². The average molecular weight is 429 g/mol. The molecule has 1 aliphatic heterocycles. The van der Waals surface area contributed by atoms with Gasteiger partial charge in [0.05, 0.1) is 7.11 Å². The van der Waals surface area contributed by atoms with Gasteiger partial charge in [-0.1, -0.05) is 24.8 Å². The van der Waals surface area contributed by atoms with E-state index in [2.05, 4.69) is 11.9 Å². The Morgan fingerprint density at radius 1 is 1.17 bits per heavy atom. The molecule has 9 heteroatoms. The summed E-state index contributed by atoms with van der Waals surface area (Å²) in [4.78, 5) is 26.4. The Bertz CT molecular complexity index is 1090. The van der Waals surface area contributed by atoms with Crippen molar-refractivity contribution in [1.82, 2.24) is 9.21 Å². The number of fused-ring (bicyclic) bond motifs is 1. The lowest BCUT2D eigenvalue weighted by Crippen LogP contribution is -2.27. The normalized spacial score (nSPS) is 13.5. The quantitative estimate of drug-likeness (QED) is 0.729. The highest BCUT2D eigenvalue weighted by atomic mass is 32.2. The third-order valence-corrected chi connectivity index (χ3v) is 6.64. The van der Waals surface area contributed by atoms with Crippen LogP contribution in [0.1, 0.15) is 22.3 Å². The Hall–Kier alpha value is -3.17. The molecule has 2 aromatic rings. The fourth-order valence-electron chi connectivity index (χ4n) is 3.16. The summed E-state index contributed by atoms with van der Waals surface area (Å²) in [6, 6.07) is 11.5. The van der Waals surface area contributed by atoms with Gasteiger partial charge in [0.1, 0.15) is 10.6 Å². The van der Waals surface area contributed by atoms with Gasteiger partial charge in [0.2, 0.25) is 15.9 Å². The highest BCUT2D eigenvalue weighted by Crippen LogP contribution is 2.31. The largest absolute Gasteiger partial charge is 0.495 e. The van der Waals surface area contributed by atoms with Crippen LogP contribution in [-0.2, 0) is 14.8 Å². The molecule has 0 saturated heterocycles. The lowest BCUT2D eigenvalue weighted by atomic mass is 10.1. The maximum atomic E-state index is 12.5. The number of methoxy groups -OCH3 is 1. The minimum absolute atomic E-state index is 0.0283. The number of rotatable bonds is 7. The molecular formula is C21H23N3O5S. The van der Waals surface area contributed by atoms with Crippen LogP contribution in [0.2, 0.25) is 0 Å². The fourth-order valence-corrected chi connectivity index (χ4v) is 4.24. The molecule has 1 N–H and O–H groups in total. The Morgan fingerprint density at radius 2 is 1.83 bits per heavy atom. The van der Waals surface area contributed by atoms with Gasteiger partial charge in [-0.25, -0.2) is 12.7 Å². The minimum atomic E-state index is -3.76. The Kier molecular flexibility index (Phi) is 5.95. The number of sulfonamides is 1. The second kappa shape index (κ2) is 8.29. The molecule has 0 radical (unpaired) electrons. The van der Waals surface area contributed by atoms with Crippen LogP contribution in [0, 0.1) is 0 Å². The van der Waals surface area contributed by atoms with Crippen molar-refractivity contribution in [2.45, 2.75) is 11.3 Å². The van der Waals surface area contributed by atoms with Crippen molar-refractivity contribution in [3.8, 4) is 5.75 Å². The van der Waals surface area contributed by atoms with Crippen LogP contribution < -0.4 is 10.1 Å². The highest BCUT2D eigenvalue weighted by molar-refractivity contribution is 7.89. The Morgan fingerprint density at radius 3 is 2.43 bits per heavy atom. The first-order valence-electron chi connectivity index (χ1n) is 9.17. The second-order valence-corrected chi connectivity index (χ2v) is 9.02. The SMILES string of the molecule is C=C1c2ccccc2C(=O)N1CCC(=O)Nc1ccc(OC)c(S(=O)(=O)N(C)C)c1. The van der Waals surface area contributed by atoms with Gasteiger partial charge < -0.3 is 15.0 Å². The van der Waals surface area contributed by atoms with E-state index >= 15 is 0 Å². The summed E-state index contributed by atoms with van der Waals surface area (Å²) in [5.41, 5.74) is 2.21. The molecule has 0 aliphatic carbocycles. The number of amides is 2. The van der Waals surface area contributed by atoms with E-state index < -0.39 is 10.0 Å². The summed E-state index contributed by atoms with van der Waals surface area (Å²) in [6.07, 6.45) is 0.0283. The summed E-state index contributed by atoms with van der Waals surface area (Å²) in [5.74, 6) is -0.365. The molecule has 0 bridgehead atoms. The maximum Gasteiger partial charge on any atom is 0.258 e. The fraction of sp³-hybridized carbons (Fsp3) is 0.238. The van der Waals surface area contributed by atoms with Crippen molar-refractivity contribution in [3.63, 3.8) is 0 Å². The number of anilines is 1. The number of benzene rings is 2. The number of nitrogens with one attached hydrogen (secondary N) is 1. The van der Waals surface area contributed by atoms with Crippen LogP contribution in [0.15, 0.2) is 53.9 Å². The number of hydrogen-bond donors (Lipinski definition) is 1. The first kappa shape index (κ1) is 21.5. The van der Waals surface area contributed by atoms with E-state index in [9.17, 15) is 18.0 Å². The third-order valence-electron chi connectivity index (χ3n) is 4.81. The third kappa shape index (κ3) is 3.94. The van der Waals surface area contributed by atoms with Crippen LogP contribution in [-0.4, -0.2) is 57.2 Å². The number of ether oxygens (including phenoxy) is 1. The molecular weight excluding hydrogens is 406 g/mol. The van der Waals surface area contributed by atoms with Crippen molar-refractivity contribution in [2.75, 3.05) is 33.1 Å². The predicted molar refractivity (Wildman–Crippen MR) is 114 cm³/mol. The molecule has 0 unspecified atom stereocenters. The van der Waals surface area contributed by atoms with Crippen molar-refractivity contribution < 1.29 is 22.7 Å². The standard InChI is InChI=1S/C21H23N3O5S/c1-14-16-7-5-6-8-17(16)21(26)24(14)12-11-20(25)22-15-9-10-18(29-4)19(13-15)30(27,28)23(2)3/h5-10,13H,1,11-12H2,2-4H3,(H,22,25). The molecule has 3 rings (SSSR count). The van der Waals surface area contributed by atoms with E-state index in [1.807, 2.05) is 12.1 Å². The highest BCUT2D eigenvalue weighted by Gasteiger charge is 2.30. The molecule has 0 saturated carbocycles. The molecule has 0 atom stereocenters. The maximum absolute atomic E-state index is 12.5. The summed E-state index contributed by atoms with van der Waals surface area (Å²) < 4.78 is 31.2. The molecule has 0 aromatic heterocycles. The number of nitrogens with zero attached hydrogens (tertiary/aromatic N) is 2. The Balaban J connectivity index is 1.70. The van der Waals surface area contributed by atoms with Crippen LogP contribution in [0.5, 0.6) is 5.75 Å². The molecule has 2 aromatic carbocycles. The van der Waals surface area contributed by atoms with Crippen LogP contribution >= 0.6 is 0 Å². The first-order chi connectivity index (χ1) is 14.2. The van der Waals surface area contributed by atoms with Gasteiger partial charge in [0, 0.05) is 49.6 Å². The zero-order valence-electron chi connectivity index (χ0n) is 17.0. The molecule has 1 heterocycles. The number of carbonyl (C=O) groups excluding carboxylic acids is 2. The predicted octanol–water partition coefficient (Wildman–Crippen LogP) is 2.40. The van der Waals surface area contributed by atoms with Gasteiger partial charge in [-0.05, 0) is 24.3 Å². The second-order valence-electron chi connectivity index (χ2n) is 6.90. The summed E-state index contributed by atoms with van der Waals surface area (Å²) >= 11 is 0. The van der Waals surface area contributed by atoms with E-state index in [1.54, 1.807) is 18.2 Å². The number of hydrogen-bond acceptors (Lipinski definition) is 5. The van der Waals surface area contributed by atoms with Crippen LogP contribution in [0.3, 0.4) is 0 Å². The average Bonchev–Trinajstić information content (AvgIpc) is 2.96. The molecule has 2 amide bonds. The van der Waals surface area contributed by atoms with Crippen molar-refractivity contribution >= 4 is 33.2 Å². The first-order valence-corrected chi connectivity index (χ1v) is 10.6. The molecule has 30 heavy (non-hydrogen) atoms. The Labute approximate surface area is 175 Å². The van der Waals surface area contributed by atoms with Gasteiger partial charge in [0.25, 0.3) is 5.91 Å². The zero-order chi connectivity index (χ0) is 22.1. The molecule has 0 spiro atoms. The summed E-state index contributed by atoms with van der Waals surface area (Å²) in [6.45, 7) is 4.12. The van der Waals surface area contributed by atoms with Gasteiger partial charge in [0.15, 0.2) is 0 Å². The monoisotopic (exact) mass is 429 g/mol. The zero-order valence-corrected chi connectivity index (χ0v) is 17.8. The topological polar surface area (TPSA) is 96.0 Å². The van der Waals surface area contributed by atoms with Gasteiger partial charge >= 0.3 is 0 Å². The van der Waals surface area contributed by atoms with E-state index in [0.717, 1.165) is 9.87 Å². The van der Waals surface area contributed by atoms with E-state index in [0.29, 0.717) is 16.9 Å². The summed E-state index contributed by atoms with van der Waals surface area (Å²) in [5, 5.41) is 2.67. The van der Waals surface area contributed by atoms with Gasteiger partial charge in [-0.15, -0.1) is 0 Å². The smallest absolute Gasteiger partial charge is 0.258 e. The minimum Gasteiger partial charge on any atom is -0.495 e. The molecule has 158 valence electrons. The van der Waals surface area contributed by atoms with Crippen LogP contribution in [0.25, 0.3) is 5.70 Å². The molecule has 8 nitrogen and oxygen atoms in total. The van der Waals surface area contributed by atoms with Crippen molar-refractivity contribution in [3.05, 3.63) is 60.2 Å².